The number of alkyl halides is 2. The molecular formula is C8H10F2O. The average Bonchev–Trinajstić information content (AvgIpc) is 2.39. The van der Waals surface area contributed by atoms with Gasteiger partial charge in [0.25, 0.3) is 5.92 Å². The molecule has 2 fully saturated rings. The summed E-state index contributed by atoms with van der Waals surface area (Å²) in [5, 5.41) is 0. The number of Topliss-reactive ketones (excluding diaryl/α,β-unsaturated/α-hetero) is 1. The molecule has 1 nitrogen and oxygen atoms in total. The van der Waals surface area contributed by atoms with Gasteiger partial charge in [0, 0.05) is 24.7 Å². The minimum Gasteiger partial charge on any atom is -0.299 e. The summed E-state index contributed by atoms with van der Waals surface area (Å²) in [5.74, 6) is -3.40. The molecule has 0 radical (unpaired) electrons. The van der Waals surface area contributed by atoms with E-state index in [1.165, 1.54) is 0 Å². The number of hydrogen-bond acceptors (Lipinski definition) is 1. The molecule has 2 aliphatic carbocycles. The van der Waals surface area contributed by atoms with E-state index < -0.39 is 11.8 Å². The lowest BCUT2D eigenvalue weighted by atomic mass is 9.98. The Morgan fingerprint density at radius 1 is 1.36 bits per heavy atom. The molecule has 2 rings (SSSR count). The molecule has 2 atom stereocenters. The predicted octanol–water partition coefficient (Wildman–Crippen LogP) is 2.01. The van der Waals surface area contributed by atoms with E-state index in [2.05, 4.69) is 0 Å². The van der Waals surface area contributed by atoms with E-state index >= 15 is 0 Å². The van der Waals surface area contributed by atoms with Gasteiger partial charge in [-0.1, -0.05) is 0 Å². The highest BCUT2D eigenvalue weighted by atomic mass is 19.3. The molecule has 0 unspecified atom stereocenters. The molecule has 0 amide bonds. The summed E-state index contributed by atoms with van der Waals surface area (Å²) in [6.07, 6.45) is 1.13. The smallest absolute Gasteiger partial charge is 0.251 e. The maximum absolute atomic E-state index is 12.9. The highest BCUT2D eigenvalue weighted by molar-refractivity contribution is 5.84. The Balaban J connectivity index is 2.23. The van der Waals surface area contributed by atoms with E-state index in [0.29, 0.717) is 19.3 Å². The third-order valence-electron chi connectivity index (χ3n) is 2.93. The number of halogens is 2. The quantitative estimate of drug-likeness (QED) is 0.529. The average molecular weight is 160 g/mol. The molecule has 0 aromatic rings. The Kier molecular flexibility index (Phi) is 1.32. The van der Waals surface area contributed by atoms with E-state index in [9.17, 15) is 13.6 Å². The van der Waals surface area contributed by atoms with Gasteiger partial charge in [-0.2, -0.15) is 0 Å². The Morgan fingerprint density at radius 3 is 2.73 bits per heavy atom. The predicted molar refractivity (Wildman–Crippen MR) is 35.4 cm³/mol. The second kappa shape index (κ2) is 2.02. The second-order valence-electron chi connectivity index (χ2n) is 3.52. The van der Waals surface area contributed by atoms with E-state index in [-0.39, 0.29) is 18.1 Å². The number of fused-ring (bicyclic) bond motifs is 1. The van der Waals surface area contributed by atoms with Crippen molar-refractivity contribution in [2.45, 2.75) is 31.6 Å². The lowest BCUT2D eigenvalue weighted by Gasteiger charge is -2.15. The topological polar surface area (TPSA) is 17.1 Å². The first kappa shape index (κ1) is 7.19. The van der Waals surface area contributed by atoms with Crippen molar-refractivity contribution in [1.82, 2.24) is 0 Å². The SMILES string of the molecule is O=C1CC[C@@H]2[C@H]1CCC2(F)F. The fourth-order valence-electron chi connectivity index (χ4n) is 2.31. The molecule has 0 spiro atoms. The van der Waals surface area contributed by atoms with Crippen molar-refractivity contribution in [3.63, 3.8) is 0 Å². The molecule has 2 aliphatic rings. The van der Waals surface area contributed by atoms with Gasteiger partial charge in [0.1, 0.15) is 5.78 Å². The number of rotatable bonds is 0. The molecular weight excluding hydrogens is 150 g/mol. The molecule has 0 heterocycles. The van der Waals surface area contributed by atoms with Crippen molar-refractivity contribution in [2.75, 3.05) is 0 Å². The van der Waals surface area contributed by atoms with Gasteiger partial charge in [0.15, 0.2) is 0 Å². The summed E-state index contributed by atoms with van der Waals surface area (Å²) in [6.45, 7) is 0. The monoisotopic (exact) mass is 160 g/mol. The van der Waals surface area contributed by atoms with E-state index in [1.54, 1.807) is 0 Å². The van der Waals surface area contributed by atoms with Crippen molar-refractivity contribution in [1.29, 1.82) is 0 Å². The van der Waals surface area contributed by atoms with Crippen LogP contribution < -0.4 is 0 Å². The standard InChI is InChI=1S/C8H10F2O/c9-8(10)4-3-5-6(8)1-2-7(5)11/h5-6H,1-4H2/t5-,6-/m1/s1. The third-order valence-corrected chi connectivity index (χ3v) is 2.93. The molecule has 0 saturated heterocycles. The highest BCUT2D eigenvalue weighted by Crippen LogP contribution is 2.50. The molecule has 0 bridgehead atoms. The zero-order valence-electron chi connectivity index (χ0n) is 6.15. The molecule has 0 aliphatic heterocycles. The summed E-state index contributed by atoms with van der Waals surface area (Å²) in [4.78, 5) is 11.0. The maximum Gasteiger partial charge on any atom is 0.251 e. The molecule has 62 valence electrons. The fraction of sp³-hybridized carbons (Fsp3) is 0.875. The van der Waals surface area contributed by atoms with Gasteiger partial charge in [-0.15, -0.1) is 0 Å². The Labute approximate surface area is 63.8 Å². The molecule has 2 saturated carbocycles. The van der Waals surface area contributed by atoms with Crippen molar-refractivity contribution in [3.8, 4) is 0 Å². The van der Waals surface area contributed by atoms with Crippen molar-refractivity contribution < 1.29 is 13.6 Å². The van der Waals surface area contributed by atoms with Gasteiger partial charge < -0.3 is 0 Å². The normalized spacial score (nSPS) is 41.1. The van der Waals surface area contributed by atoms with Crippen molar-refractivity contribution >= 4 is 5.78 Å². The summed E-state index contributed by atoms with van der Waals surface area (Å²) in [5.41, 5.74) is 0. The van der Waals surface area contributed by atoms with E-state index in [4.69, 9.17) is 0 Å². The zero-order chi connectivity index (χ0) is 8.06. The maximum atomic E-state index is 12.9. The summed E-state index contributed by atoms with van der Waals surface area (Å²) >= 11 is 0. The molecule has 3 heteroatoms. The van der Waals surface area contributed by atoms with Crippen LogP contribution in [-0.2, 0) is 4.79 Å². The summed E-state index contributed by atoms with van der Waals surface area (Å²) in [7, 11) is 0. The molecule has 0 aromatic carbocycles. The van der Waals surface area contributed by atoms with Gasteiger partial charge in [0.05, 0.1) is 0 Å². The Bertz CT molecular complexity index is 200. The minimum absolute atomic E-state index is 0.0622. The van der Waals surface area contributed by atoms with Crippen LogP contribution in [0.25, 0.3) is 0 Å². The zero-order valence-corrected chi connectivity index (χ0v) is 6.15. The molecule has 0 N–H and O–H groups in total. The highest BCUT2D eigenvalue weighted by Gasteiger charge is 2.54. The first-order chi connectivity index (χ1) is 5.11. The van der Waals surface area contributed by atoms with Crippen molar-refractivity contribution in [3.05, 3.63) is 0 Å². The minimum atomic E-state index is -2.54. The van der Waals surface area contributed by atoms with Gasteiger partial charge in [0.2, 0.25) is 0 Å². The second-order valence-corrected chi connectivity index (χ2v) is 3.52. The van der Waals surface area contributed by atoms with Crippen LogP contribution in [0, 0.1) is 11.8 Å². The number of carbonyl (C=O) groups is 1. The van der Waals surface area contributed by atoms with Crippen LogP contribution in [0.4, 0.5) is 8.78 Å². The van der Waals surface area contributed by atoms with Crippen molar-refractivity contribution in [2.24, 2.45) is 11.8 Å². The van der Waals surface area contributed by atoms with E-state index in [1.807, 2.05) is 0 Å². The van der Waals surface area contributed by atoms with Gasteiger partial charge >= 0.3 is 0 Å². The fourth-order valence-corrected chi connectivity index (χ4v) is 2.31. The van der Waals surface area contributed by atoms with Gasteiger partial charge in [-0.05, 0) is 12.8 Å². The first-order valence-electron chi connectivity index (χ1n) is 4.02. The van der Waals surface area contributed by atoms with Crippen LogP contribution in [-0.4, -0.2) is 11.7 Å². The number of hydrogen-bond donors (Lipinski definition) is 0. The third kappa shape index (κ3) is 0.898. The summed E-state index contributed by atoms with van der Waals surface area (Å²) in [6, 6.07) is 0. The van der Waals surface area contributed by atoms with Gasteiger partial charge in [-0.3, -0.25) is 4.79 Å². The molecule has 0 aromatic heterocycles. The van der Waals surface area contributed by atoms with Crippen LogP contribution in [0.5, 0.6) is 0 Å². The number of ketones is 1. The Hall–Kier alpha value is -0.470. The van der Waals surface area contributed by atoms with Crippen LogP contribution in [0.15, 0.2) is 0 Å². The first-order valence-corrected chi connectivity index (χ1v) is 4.02. The molecule has 11 heavy (non-hydrogen) atoms. The van der Waals surface area contributed by atoms with Gasteiger partial charge in [-0.25, -0.2) is 8.78 Å². The van der Waals surface area contributed by atoms with Crippen LogP contribution >= 0.6 is 0 Å². The van der Waals surface area contributed by atoms with Crippen LogP contribution in [0.2, 0.25) is 0 Å². The summed E-state index contributed by atoms with van der Waals surface area (Å²) < 4.78 is 25.8. The Morgan fingerprint density at radius 2 is 2.09 bits per heavy atom. The number of carbonyl (C=O) groups excluding carboxylic acids is 1. The van der Waals surface area contributed by atoms with Crippen LogP contribution in [0.3, 0.4) is 0 Å². The lowest BCUT2D eigenvalue weighted by Crippen LogP contribution is -2.23. The largest absolute Gasteiger partial charge is 0.299 e. The van der Waals surface area contributed by atoms with Crippen LogP contribution in [0.1, 0.15) is 25.7 Å². The lowest BCUT2D eigenvalue weighted by molar-refractivity contribution is -0.121. The van der Waals surface area contributed by atoms with E-state index in [0.717, 1.165) is 0 Å².